The maximum absolute atomic E-state index is 12.8. The Kier molecular flexibility index (Phi) is 6.85. The molecule has 0 saturated carbocycles. The maximum Gasteiger partial charge on any atom is 0.237 e. The Morgan fingerprint density at radius 1 is 1.15 bits per heavy atom. The molecule has 0 unspecified atom stereocenters. The molecule has 0 radical (unpaired) electrons. The molecule has 4 atom stereocenters. The Morgan fingerprint density at radius 2 is 1.93 bits per heavy atom. The summed E-state index contributed by atoms with van der Waals surface area (Å²) >= 11 is 0. The van der Waals surface area contributed by atoms with Crippen LogP contribution in [0.3, 0.4) is 0 Å². The molecule has 2 heterocycles. The van der Waals surface area contributed by atoms with Crippen LogP contribution in [0.4, 0.5) is 0 Å². The molecule has 2 aliphatic heterocycles. The fourth-order valence-corrected chi connectivity index (χ4v) is 4.35. The van der Waals surface area contributed by atoms with Gasteiger partial charge in [-0.25, -0.2) is 0 Å². The molecule has 2 amide bonds. The third-order valence-electron chi connectivity index (χ3n) is 5.71. The topological polar surface area (TPSA) is 81.7 Å². The maximum atomic E-state index is 12.8. The molecule has 0 aliphatic carbocycles. The van der Waals surface area contributed by atoms with Crippen molar-refractivity contribution in [2.45, 2.75) is 82.8 Å². The Balaban J connectivity index is 1.64. The van der Waals surface area contributed by atoms with Crippen LogP contribution in [0.1, 0.15) is 57.4 Å². The predicted molar refractivity (Wildman–Crippen MR) is 104 cm³/mol. The van der Waals surface area contributed by atoms with Crippen LogP contribution in [-0.4, -0.2) is 46.2 Å². The van der Waals surface area contributed by atoms with Crippen molar-refractivity contribution in [1.29, 1.82) is 0 Å². The molecule has 0 aromatic heterocycles. The molecular weight excluding hydrogens is 342 g/mol. The summed E-state index contributed by atoms with van der Waals surface area (Å²) in [4.78, 5) is 26.8. The highest BCUT2D eigenvalue weighted by atomic mass is 16.3. The molecule has 148 valence electrons. The van der Waals surface area contributed by atoms with E-state index in [2.05, 4.69) is 10.6 Å². The van der Waals surface area contributed by atoms with Crippen molar-refractivity contribution in [2.24, 2.45) is 0 Å². The van der Waals surface area contributed by atoms with Crippen molar-refractivity contribution in [3.63, 3.8) is 0 Å². The standard InChI is InChI=1S/C21H31N3O3/c1-2-7-19(25)23-17-11-6-10-16-12-13-18(24(16)21(17)27)20(26)22-14-15-8-4-3-5-9-15/h3-5,8-9,16-18,21,27H,2,6-7,10-14H2,1H3,(H,22,26)(H,23,25)/t16-,17-,18-,21+/m0/s1. The molecule has 6 nitrogen and oxygen atoms in total. The summed E-state index contributed by atoms with van der Waals surface area (Å²) in [6.45, 7) is 2.45. The van der Waals surface area contributed by atoms with Gasteiger partial charge in [0.1, 0.15) is 6.23 Å². The zero-order valence-corrected chi connectivity index (χ0v) is 16.1. The highest BCUT2D eigenvalue weighted by Crippen LogP contribution is 2.33. The molecule has 6 heteroatoms. The molecule has 3 N–H and O–H groups in total. The van der Waals surface area contributed by atoms with Gasteiger partial charge in [0.2, 0.25) is 11.8 Å². The van der Waals surface area contributed by atoms with Gasteiger partial charge in [0.15, 0.2) is 0 Å². The molecule has 3 rings (SSSR count). The highest BCUT2D eigenvalue weighted by molar-refractivity contribution is 5.82. The molecule has 27 heavy (non-hydrogen) atoms. The van der Waals surface area contributed by atoms with Gasteiger partial charge in [-0.1, -0.05) is 37.3 Å². The zero-order chi connectivity index (χ0) is 19.2. The van der Waals surface area contributed by atoms with Crippen molar-refractivity contribution in [3.8, 4) is 0 Å². The van der Waals surface area contributed by atoms with Crippen molar-refractivity contribution in [3.05, 3.63) is 35.9 Å². The van der Waals surface area contributed by atoms with E-state index < -0.39 is 6.23 Å². The third kappa shape index (κ3) is 4.87. The number of hydrogen-bond acceptors (Lipinski definition) is 4. The normalized spacial score (nSPS) is 28.2. The Morgan fingerprint density at radius 3 is 2.67 bits per heavy atom. The molecule has 1 aromatic rings. The second kappa shape index (κ2) is 9.33. The Bertz CT molecular complexity index is 637. The Labute approximate surface area is 161 Å². The van der Waals surface area contributed by atoms with Gasteiger partial charge < -0.3 is 15.7 Å². The largest absolute Gasteiger partial charge is 0.376 e. The summed E-state index contributed by atoms with van der Waals surface area (Å²) in [5.41, 5.74) is 1.06. The van der Waals surface area contributed by atoms with Gasteiger partial charge in [-0.3, -0.25) is 14.5 Å². The number of hydrogen-bond donors (Lipinski definition) is 3. The predicted octanol–water partition coefficient (Wildman–Crippen LogP) is 1.92. The molecular formula is C21H31N3O3. The van der Waals surface area contributed by atoms with E-state index >= 15 is 0 Å². The monoisotopic (exact) mass is 373 g/mol. The summed E-state index contributed by atoms with van der Waals surface area (Å²) in [6.07, 6.45) is 4.76. The number of aliphatic hydroxyl groups excluding tert-OH is 1. The van der Waals surface area contributed by atoms with Gasteiger partial charge in [-0.2, -0.15) is 0 Å². The van der Waals surface area contributed by atoms with E-state index in [9.17, 15) is 14.7 Å². The van der Waals surface area contributed by atoms with E-state index in [0.717, 1.165) is 44.1 Å². The first-order valence-corrected chi connectivity index (χ1v) is 10.2. The lowest BCUT2D eigenvalue weighted by Gasteiger charge is -2.35. The van der Waals surface area contributed by atoms with E-state index in [1.165, 1.54) is 0 Å². The number of nitrogens with zero attached hydrogens (tertiary/aromatic N) is 1. The summed E-state index contributed by atoms with van der Waals surface area (Å²) < 4.78 is 0. The number of nitrogens with one attached hydrogen (secondary N) is 2. The van der Waals surface area contributed by atoms with E-state index in [1.807, 2.05) is 42.2 Å². The SMILES string of the molecule is CCCC(=O)N[C@H]1CCC[C@H]2CC[C@@H](C(=O)NCc3ccccc3)N2[C@@H]1O. The van der Waals surface area contributed by atoms with Crippen LogP contribution >= 0.6 is 0 Å². The number of carbonyl (C=O) groups excluding carboxylic acids is 2. The van der Waals surface area contributed by atoms with Crippen LogP contribution in [0.2, 0.25) is 0 Å². The number of aliphatic hydroxyl groups is 1. The third-order valence-corrected chi connectivity index (χ3v) is 5.71. The van der Waals surface area contributed by atoms with Crippen LogP contribution in [-0.2, 0) is 16.1 Å². The molecule has 1 aromatic carbocycles. The molecule has 0 bridgehead atoms. The van der Waals surface area contributed by atoms with Gasteiger partial charge in [0.25, 0.3) is 0 Å². The first kappa shape index (κ1) is 19.8. The number of amides is 2. The fourth-order valence-electron chi connectivity index (χ4n) is 4.35. The van der Waals surface area contributed by atoms with Crippen LogP contribution in [0.5, 0.6) is 0 Å². The van der Waals surface area contributed by atoms with Crippen LogP contribution in [0.15, 0.2) is 30.3 Å². The van der Waals surface area contributed by atoms with Crippen molar-refractivity contribution in [2.75, 3.05) is 0 Å². The number of carbonyl (C=O) groups is 2. The number of benzene rings is 1. The minimum atomic E-state index is -0.812. The second-order valence-electron chi connectivity index (χ2n) is 7.67. The minimum absolute atomic E-state index is 0.0238. The van der Waals surface area contributed by atoms with Crippen LogP contribution in [0, 0.1) is 0 Å². The van der Waals surface area contributed by atoms with Gasteiger partial charge in [0, 0.05) is 19.0 Å². The van der Waals surface area contributed by atoms with Crippen molar-refractivity contribution < 1.29 is 14.7 Å². The molecule has 2 saturated heterocycles. The lowest BCUT2D eigenvalue weighted by Crippen LogP contribution is -2.57. The number of rotatable bonds is 6. The molecule has 2 fully saturated rings. The van der Waals surface area contributed by atoms with Crippen molar-refractivity contribution in [1.82, 2.24) is 15.5 Å². The average Bonchev–Trinajstić information content (AvgIpc) is 3.03. The van der Waals surface area contributed by atoms with Crippen molar-refractivity contribution >= 4 is 11.8 Å². The summed E-state index contributed by atoms with van der Waals surface area (Å²) in [6, 6.07) is 9.39. The molecule has 2 aliphatic rings. The highest BCUT2D eigenvalue weighted by Gasteiger charge is 2.45. The lowest BCUT2D eigenvalue weighted by molar-refractivity contribution is -0.133. The van der Waals surface area contributed by atoms with Crippen LogP contribution in [0.25, 0.3) is 0 Å². The van der Waals surface area contributed by atoms with E-state index in [1.54, 1.807) is 0 Å². The Hall–Kier alpha value is -1.92. The summed E-state index contributed by atoms with van der Waals surface area (Å²) in [5, 5.41) is 17.0. The van der Waals surface area contributed by atoms with Gasteiger partial charge in [0.05, 0.1) is 12.1 Å². The number of fused-ring (bicyclic) bond motifs is 1. The van der Waals surface area contributed by atoms with E-state index in [-0.39, 0.29) is 29.9 Å². The van der Waals surface area contributed by atoms with E-state index in [0.29, 0.717) is 13.0 Å². The summed E-state index contributed by atoms with van der Waals surface area (Å²) in [7, 11) is 0. The van der Waals surface area contributed by atoms with Gasteiger partial charge in [-0.15, -0.1) is 0 Å². The first-order chi connectivity index (χ1) is 13.1. The summed E-state index contributed by atoms with van der Waals surface area (Å²) in [5.74, 6) is -0.0646. The quantitative estimate of drug-likeness (QED) is 0.712. The smallest absolute Gasteiger partial charge is 0.237 e. The first-order valence-electron chi connectivity index (χ1n) is 10.2. The second-order valence-corrected chi connectivity index (χ2v) is 7.67. The van der Waals surface area contributed by atoms with E-state index in [4.69, 9.17) is 0 Å². The lowest BCUT2D eigenvalue weighted by atomic mass is 10.1. The van der Waals surface area contributed by atoms with Gasteiger partial charge >= 0.3 is 0 Å². The average molecular weight is 373 g/mol. The van der Waals surface area contributed by atoms with Crippen LogP contribution < -0.4 is 10.6 Å². The fraction of sp³-hybridized carbons (Fsp3) is 0.619. The van der Waals surface area contributed by atoms with Gasteiger partial charge in [-0.05, 0) is 44.1 Å². The minimum Gasteiger partial charge on any atom is -0.376 e. The molecule has 0 spiro atoms. The zero-order valence-electron chi connectivity index (χ0n) is 16.1.